The van der Waals surface area contributed by atoms with Crippen LogP contribution in [-0.2, 0) is 4.79 Å². The first-order valence-corrected chi connectivity index (χ1v) is 12.5. The van der Waals surface area contributed by atoms with Crippen LogP contribution >= 0.6 is 0 Å². The molecule has 6 nitrogen and oxygen atoms in total. The van der Waals surface area contributed by atoms with Gasteiger partial charge in [-0.05, 0) is 67.1 Å². The van der Waals surface area contributed by atoms with E-state index < -0.39 is 11.8 Å². The lowest BCUT2D eigenvalue weighted by atomic mass is 10.1. The molecule has 0 unspecified atom stereocenters. The van der Waals surface area contributed by atoms with Crippen molar-refractivity contribution in [2.24, 2.45) is 0 Å². The number of allylic oxidation sites excluding steroid dienone is 1. The molecule has 4 aromatic rings. The molecule has 0 saturated heterocycles. The zero-order valence-electron chi connectivity index (χ0n) is 21.5. The molecule has 2 N–H and O–H groups in total. The Morgan fingerprint density at radius 1 is 0.744 bits per heavy atom. The summed E-state index contributed by atoms with van der Waals surface area (Å²) in [4.78, 5) is 38.8. The van der Waals surface area contributed by atoms with E-state index >= 15 is 0 Å². The van der Waals surface area contributed by atoms with Crippen molar-refractivity contribution in [3.05, 3.63) is 143 Å². The van der Waals surface area contributed by atoms with Gasteiger partial charge in [0.25, 0.3) is 11.8 Å². The van der Waals surface area contributed by atoms with Crippen molar-refractivity contribution < 1.29 is 19.1 Å². The average Bonchev–Trinajstić information content (AvgIpc) is 2.98. The number of para-hydroxylation sites is 1. The van der Waals surface area contributed by atoms with E-state index in [2.05, 4.69) is 10.6 Å². The van der Waals surface area contributed by atoms with Crippen molar-refractivity contribution in [1.29, 1.82) is 0 Å². The van der Waals surface area contributed by atoms with Crippen LogP contribution in [0.5, 0.6) is 5.75 Å². The Bertz CT molecular complexity index is 1490. The molecule has 0 fully saturated rings. The Balaban J connectivity index is 1.53. The van der Waals surface area contributed by atoms with Gasteiger partial charge in [-0.2, -0.15) is 0 Å². The van der Waals surface area contributed by atoms with Gasteiger partial charge in [0.05, 0.1) is 6.61 Å². The Morgan fingerprint density at radius 2 is 1.38 bits per heavy atom. The molecule has 0 aliphatic heterocycles. The third-order valence-electron chi connectivity index (χ3n) is 5.70. The van der Waals surface area contributed by atoms with Crippen LogP contribution in [0.15, 0.2) is 121 Å². The van der Waals surface area contributed by atoms with Crippen LogP contribution in [0.3, 0.4) is 0 Å². The Hall–Kier alpha value is -5.23. The van der Waals surface area contributed by atoms with Crippen molar-refractivity contribution >= 4 is 35.4 Å². The first-order chi connectivity index (χ1) is 19.0. The number of carbonyl (C=O) groups is 3. The predicted molar refractivity (Wildman–Crippen MR) is 154 cm³/mol. The molecular formula is C33H28N2O4. The van der Waals surface area contributed by atoms with E-state index in [1.165, 1.54) is 6.08 Å². The molecule has 0 aliphatic carbocycles. The lowest BCUT2D eigenvalue weighted by Gasteiger charge is -2.13. The lowest BCUT2D eigenvalue weighted by Crippen LogP contribution is -2.30. The maximum absolute atomic E-state index is 13.3. The third kappa shape index (κ3) is 7.63. The standard InChI is InChI=1S/C33H28N2O4/c1-2-39-31-16-10-9-15-27(31)23-29(35-32(37)26-13-7-4-8-14-26)33(38)34-28-20-18-25(19-21-28)30(36)22-17-24-11-5-3-6-12-24/h3-23H,2H2,1H3,(H,34,38)(H,35,37)/b22-17+,29-23-. The van der Waals surface area contributed by atoms with E-state index in [-0.39, 0.29) is 11.5 Å². The van der Waals surface area contributed by atoms with Crippen LogP contribution in [-0.4, -0.2) is 24.2 Å². The SMILES string of the molecule is CCOc1ccccc1/C=C(\NC(=O)c1ccccc1)C(=O)Nc1ccc(C(=O)/C=C/c2ccccc2)cc1. The number of amides is 2. The predicted octanol–water partition coefficient (Wildman–Crippen LogP) is 6.39. The molecule has 0 aromatic heterocycles. The number of hydrogen-bond donors (Lipinski definition) is 2. The minimum Gasteiger partial charge on any atom is -0.493 e. The molecule has 4 aromatic carbocycles. The van der Waals surface area contributed by atoms with Gasteiger partial charge in [-0.25, -0.2) is 0 Å². The van der Waals surface area contributed by atoms with Crippen LogP contribution in [0.25, 0.3) is 12.2 Å². The fourth-order valence-electron chi connectivity index (χ4n) is 3.73. The minimum absolute atomic E-state index is 0.0435. The van der Waals surface area contributed by atoms with E-state index in [9.17, 15) is 14.4 Å². The second kappa shape index (κ2) is 13.4. The number of hydrogen-bond acceptors (Lipinski definition) is 4. The van der Waals surface area contributed by atoms with Crippen molar-refractivity contribution in [2.45, 2.75) is 6.92 Å². The molecule has 0 atom stereocenters. The second-order valence-electron chi connectivity index (χ2n) is 8.49. The van der Waals surface area contributed by atoms with Crippen LogP contribution < -0.4 is 15.4 Å². The molecule has 0 saturated carbocycles. The highest BCUT2D eigenvalue weighted by Gasteiger charge is 2.16. The Morgan fingerprint density at radius 3 is 2.08 bits per heavy atom. The topological polar surface area (TPSA) is 84.5 Å². The number of rotatable bonds is 10. The summed E-state index contributed by atoms with van der Waals surface area (Å²) in [7, 11) is 0. The minimum atomic E-state index is -0.520. The summed E-state index contributed by atoms with van der Waals surface area (Å²) in [6.45, 7) is 2.32. The summed E-state index contributed by atoms with van der Waals surface area (Å²) in [6, 6.07) is 32.0. The Labute approximate surface area is 227 Å². The lowest BCUT2D eigenvalue weighted by molar-refractivity contribution is -0.113. The highest BCUT2D eigenvalue weighted by Crippen LogP contribution is 2.21. The summed E-state index contributed by atoms with van der Waals surface area (Å²) >= 11 is 0. The van der Waals surface area contributed by atoms with Gasteiger partial charge >= 0.3 is 0 Å². The zero-order valence-corrected chi connectivity index (χ0v) is 21.5. The van der Waals surface area contributed by atoms with E-state index in [1.54, 1.807) is 72.8 Å². The molecule has 0 bridgehead atoms. The maximum atomic E-state index is 13.3. The van der Waals surface area contributed by atoms with Crippen LogP contribution in [0.4, 0.5) is 5.69 Å². The van der Waals surface area contributed by atoms with Gasteiger partial charge in [-0.1, -0.05) is 72.8 Å². The maximum Gasteiger partial charge on any atom is 0.272 e. The molecule has 4 rings (SSSR count). The highest BCUT2D eigenvalue weighted by molar-refractivity contribution is 6.11. The van der Waals surface area contributed by atoms with E-state index in [0.29, 0.717) is 34.7 Å². The molecule has 6 heteroatoms. The number of nitrogens with one attached hydrogen (secondary N) is 2. The quantitative estimate of drug-likeness (QED) is 0.189. The summed E-state index contributed by atoms with van der Waals surface area (Å²) < 4.78 is 5.68. The van der Waals surface area contributed by atoms with Crippen molar-refractivity contribution in [3.8, 4) is 5.75 Å². The Kier molecular flexibility index (Phi) is 9.18. The summed E-state index contributed by atoms with van der Waals surface area (Å²) in [5, 5.41) is 5.53. The molecule has 0 heterocycles. The first-order valence-electron chi connectivity index (χ1n) is 12.5. The van der Waals surface area contributed by atoms with Gasteiger partial charge in [0.15, 0.2) is 5.78 Å². The normalized spacial score (nSPS) is 11.2. The fraction of sp³-hybridized carbons (Fsp3) is 0.0606. The number of ketones is 1. The molecule has 0 aliphatic rings. The van der Waals surface area contributed by atoms with E-state index in [4.69, 9.17) is 4.74 Å². The van der Waals surface area contributed by atoms with E-state index in [0.717, 1.165) is 5.56 Å². The van der Waals surface area contributed by atoms with Gasteiger partial charge in [0, 0.05) is 22.4 Å². The van der Waals surface area contributed by atoms with Crippen molar-refractivity contribution in [2.75, 3.05) is 11.9 Å². The molecule has 2 amide bonds. The second-order valence-corrected chi connectivity index (χ2v) is 8.49. The summed E-state index contributed by atoms with van der Waals surface area (Å²) in [5.74, 6) is -0.503. The van der Waals surface area contributed by atoms with Crippen molar-refractivity contribution in [3.63, 3.8) is 0 Å². The highest BCUT2D eigenvalue weighted by atomic mass is 16.5. The molecule has 39 heavy (non-hydrogen) atoms. The third-order valence-corrected chi connectivity index (χ3v) is 5.70. The molecule has 0 spiro atoms. The van der Waals surface area contributed by atoms with E-state index in [1.807, 2.05) is 55.5 Å². The monoisotopic (exact) mass is 516 g/mol. The average molecular weight is 517 g/mol. The number of anilines is 1. The molecular weight excluding hydrogens is 488 g/mol. The number of benzene rings is 4. The van der Waals surface area contributed by atoms with Gasteiger partial charge in [-0.15, -0.1) is 0 Å². The van der Waals surface area contributed by atoms with Gasteiger partial charge in [-0.3, -0.25) is 14.4 Å². The fourth-order valence-corrected chi connectivity index (χ4v) is 3.73. The summed E-state index contributed by atoms with van der Waals surface area (Å²) in [5.41, 5.74) is 2.99. The molecule has 194 valence electrons. The van der Waals surface area contributed by atoms with Crippen LogP contribution in [0.2, 0.25) is 0 Å². The number of carbonyl (C=O) groups excluding carboxylic acids is 3. The zero-order chi connectivity index (χ0) is 27.5. The van der Waals surface area contributed by atoms with Crippen molar-refractivity contribution in [1.82, 2.24) is 5.32 Å². The van der Waals surface area contributed by atoms with Gasteiger partial charge < -0.3 is 15.4 Å². The largest absolute Gasteiger partial charge is 0.493 e. The summed E-state index contributed by atoms with van der Waals surface area (Å²) in [6.07, 6.45) is 4.84. The molecule has 0 radical (unpaired) electrons. The smallest absolute Gasteiger partial charge is 0.272 e. The van der Waals surface area contributed by atoms with Gasteiger partial charge in [0.1, 0.15) is 11.4 Å². The van der Waals surface area contributed by atoms with Crippen LogP contribution in [0, 0.1) is 0 Å². The van der Waals surface area contributed by atoms with Gasteiger partial charge in [0.2, 0.25) is 0 Å². The first kappa shape index (κ1) is 26.8. The van der Waals surface area contributed by atoms with Crippen LogP contribution in [0.1, 0.15) is 38.8 Å². The number of ether oxygens (including phenoxy) is 1.